The predicted molar refractivity (Wildman–Crippen MR) is 79.9 cm³/mol. The highest BCUT2D eigenvalue weighted by Gasteiger charge is 2.28. The second-order valence-electron chi connectivity index (χ2n) is 5.69. The molecule has 2 aromatic rings. The van der Waals surface area contributed by atoms with Gasteiger partial charge in [0.25, 0.3) is 17.4 Å². The van der Waals surface area contributed by atoms with E-state index < -0.39 is 23.1 Å². The molecular formula is C15H14F2N4O3. The van der Waals surface area contributed by atoms with Gasteiger partial charge in [0, 0.05) is 42.7 Å². The van der Waals surface area contributed by atoms with E-state index in [1.807, 2.05) is 0 Å². The third-order valence-electron chi connectivity index (χ3n) is 3.89. The summed E-state index contributed by atoms with van der Waals surface area (Å²) < 4.78 is 26.8. The molecule has 3 heterocycles. The summed E-state index contributed by atoms with van der Waals surface area (Å²) in [4.78, 5) is 45.3. The van der Waals surface area contributed by atoms with E-state index in [0.29, 0.717) is 11.3 Å². The number of rotatable bonds is 2. The Balaban J connectivity index is 1.90. The summed E-state index contributed by atoms with van der Waals surface area (Å²) >= 11 is 0. The summed E-state index contributed by atoms with van der Waals surface area (Å²) in [6, 6.07) is 1.10. The molecule has 1 aliphatic heterocycles. The van der Waals surface area contributed by atoms with E-state index in [2.05, 4.69) is 15.0 Å². The van der Waals surface area contributed by atoms with Crippen LogP contribution in [-0.4, -0.2) is 32.3 Å². The number of halogens is 2. The van der Waals surface area contributed by atoms with Crippen molar-refractivity contribution < 1.29 is 13.6 Å². The van der Waals surface area contributed by atoms with E-state index in [-0.39, 0.29) is 30.6 Å². The van der Waals surface area contributed by atoms with Gasteiger partial charge >= 0.3 is 5.69 Å². The molecule has 0 saturated carbocycles. The van der Waals surface area contributed by atoms with Gasteiger partial charge in [-0.15, -0.1) is 0 Å². The Morgan fingerprint density at radius 3 is 2.75 bits per heavy atom. The topological polar surface area (TPSA) is 98.9 Å². The molecule has 0 saturated heterocycles. The van der Waals surface area contributed by atoms with Gasteiger partial charge in [-0.3, -0.25) is 19.6 Å². The second kappa shape index (κ2) is 5.66. The molecule has 0 fully saturated rings. The van der Waals surface area contributed by atoms with E-state index in [4.69, 9.17) is 0 Å². The van der Waals surface area contributed by atoms with Crippen molar-refractivity contribution in [1.82, 2.24) is 19.9 Å². The van der Waals surface area contributed by atoms with E-state index in [0.717, 1.165) is 19.2 Å². The number of fused-ring (bicyclic) bond motifs is 1. The molecule has 0 radical (unpaired) electrons. The molecule has 7 nitrogen and oxygen atoms in total. The minimum absolute atomic E-state index is 0.0278. The Bertz CT molecular complexity index is 914. The van der Waals surface area contributed by atoms with Crippen LogP contribution < -0.4 is 11.2 Å². The first-order valence-electron chi connectivity index (χ1n) is 7.22. The van der Waals surface area contributed by atoms with Gasteiger partial charge in [-0.05, 0) is 12.5 Å². The Labute approximate surface area is 134 Å². The lowest BCUT2D eigenvalue weighted by molar-refractivity contribution is 0.0170. The van der Waals surface area contributed by atoms with Crippen molar-refractivity contribution in [1.29, 1.82) is 0 Å². The summed E-state index contributed by atoms with van der Waals surface area (Å²) in [6.07, 6.45) is 2.50. The highest BCUT2D eigenvalue weighted by atomic mass is 19.3. The van der Waals surface area contributed by atoms with Crippen LogP contribution in [0.25, 0.3) is 0 Å². The number of nitrogens with zero attached hydrogens (tertiary/aromatic N) is 2. The van der Waals surface area contributed by atoms with E-state index in [1.54, 1.807) is 0 Å². The number of aromatic nitrogens is 3. The van der Waals surface area contributed by atoms with Crippen LogP contribution in [0.1, 0.15) is 34.1 Å². The van der Waals surface area contributed by atoms with Crippen LogP contribution in [0.2, 0.25) is 0 Å². The fraction of sp³-hybridized carbons (Fsp3) is 0.333. The first-order chi connectivity index (χ1) is 11.3. The Morgan fingerprint density at radius 1 is 1.29 bits per heavy atom. The van der Waals surface area contributed by atoms with Crippen LogP contribution in [0.3, 0.4) is 0 Å². The monoisotopic (exact) mass is 336 g/mol. The molecule has 3 rings (SSSR count). The summed E-state index contributed by atoms with van der Waals surface area (Å²) in [5.74, 6) is -3.59. The van der Waals surface area contributed by atoms with Gasteiger partial charge in [0.15, 0.2) is 0 Å². The van der Waals surface area contributed by atoms with Gasteiger partial charge in [-0.1, -0.05) is 0 Å². The molecule has 2 aromatic heterocycles. The van der Waals surface area contributed by atoms with E-state index in [9.17, 15) is 23.2 Å². The summed E-state index contributed by atoms with van der Waals surface area (Å²) in [7, 11) is 0. The summed E-state index contributed by atoms with van der Waals surface area (Å²) in [6.45, 7) is 1.00. The quantitative estimate of drug-likeness (QED) is 0.846. The minimum atomic E-state index is -3.10. The molecule has 1 aliphatic rings. The van der Waals surface area contributed by atoms with Gasteiger partial charge < -0.3 is 9.88 Å². The van der Waals surface area contributed by atoms with Gasteiger partial charge in [-0.2, -0.15) is 0 Å². The number of pyridine rings is 1. The molecule has 24 heavy (non-hydrogen) atoms. The number of hydrogen-bond donors (Lipinski definition) is 2. The maximum absolute atomic E-state index is 13.4. The predicted octanol–water partition coefficient (Wildman–Crippen LogP) is 0.768. The van der Waals surface area contributed by atoms with E-state index in [1.165, 1.54) is 11.1 Å². The maximum Gasteiger partial charge on any atom is 0.325 e. The zero-order chi connectivity index (χ0) is 17.5. The van der Waals surface area contributed by atoms with Gasteiger partial charge in [0.1, 0.15) is 0 Å². The first-order valence-corrected chi connectivity index (χ1v) is 7.22. The van der Waals surface area contributed by atoms with Crippen LogP contribution in [0, 0.1) is 0 Å². The van der Waals surface area contributed by atoms with Crippen molar-refractivity contribution >= 4 is 5.91 Å². The smallest absolute Gasteiger partial charge is 0.325 e. The van der Waals surface area contributed by atoms with Crippen molar-refractivity contribution in [2.45, 2.75) is 25.8 Å². The number of carbonyl (C=O) groups excluding carboxylic acids is 1. The van der Waals surface area contributed by atoms with Crippen molar-refractivity contribution in [3.05, 3.63) is 61.7 Å². The lowest BCUT2D eigenvalue weighted by Crippen LogP contribution is -2.41. The summed E-state index contributed by atoms with van der Waals surface area (Å²) in [5.41, 5.74) is -0.670. The molecular weight excluding hydrogens is 322 g/mol. The van der Waals surface area contributed by atoms with Crippen LogP contribution in [0.5, 0.6) is 0 Å². The summed E-state index contributed by atoms with van der Waals surface area (Å²) in [5, 5.41) is 0. The second-order valence-corrected chi connectivity index (χ2v) is 5.69. The minimum Gasteiger partial charge on any atom is -0.332 e. The maximum atomic E-state index is 13.4. The Kier molecular flexibility index (Phi) is 3.78. The normalized spacial score (nSPS) is 14.4. The molecule has 9 heteroatoms. The largest absolute Gasteiger partial charge is 0.332 e. The Morgan fingerprint density at radius 2 is 2.04 bits per heavy atom. The van der Waals surface area contributed by atoms with Crippen molar-refractivity contribution in [3.8, 4) is 0 Å². The Hall–Kier alpha value is -2.84. The number of amides is 1. The molecule has 126 valence electrons. The van der Waals surface area contributed by atoms with Crippen LogP contribution in [0.15, 0.2) is 28.0 Å². The molecule has 0 atom stereocenters. The number of nitrogens with one attached hydrogen (secondary N) is 2. The van der Waals surface area contributed by atoms with Gasteiger partial charge in [0.2, 0.25) is 0 Å². The number of carbonyl (C=O) groups is 1. The number of hydrogen-bond acceptors (Lipinski definition) is 4. The number of H-pyrrole nitrogens is 2. The average Bonchev–Trinajstić information content (AvgIpc) is 2.52. The lowest BCUT2D eigenvalue weighted by Gasteiger charge is -2.28. The first kappa shape index (κ1) is 16.0. The highest BCUT2D eigenvalue weighted by molar-refractivity contribution is 5.94. The average molecular weight is 336 g/mol. The molecule has 0 bridgehead atoms. The molecule has 0 spiro atoms. The van der Waals surface area contributed by atoms with Crippen molar-refractivity contribution in [3.63, 3.8) is 0 Å². The van der Waals surface area contributed by atoms with Gasteiger partial charge in [-0.25, -0.2) is 13.6 Å². The molecule has 2 N–H and O–H groups in total. The van der Waals surface area contributed by atoms with Crippen molar-refractivity contribution in [2.24, 2.45) is 0 Å². The van der Waals surface area contributed by atoms with Gasteiger partial charge in [0.05, 0.1) is 12.1 Å². The molecule has 1 amide bonds. The fourth-order valence-corrected chi connectivity index (χ4v) is 2.63. The highest BCUT2D eigenvalue weighted by Crippen LogP contribution is 2.27. The van der Waals surface area contributed by atoms with Crippen LogP contribution >= 0.6 is 0 Å². The number of aromatic amines is 2. The zero-order valence-corrected chi connectivity index (χ0v) is 12.7. The van der Waals surface area contributed by atoms with Crippen molar-refractivity contribution in [2.75, 3.05) is 6.54 Å². The third kappa shape index (κ3) is 2.97. The molecule has 0 unspecified atom stereocenters. The molecule has 0 aliphatic carbocycles. The molecule has 0 aromatic carbocycles. The number of alkyl halides is 2. The van der Waals surface area contributed by atoms with Crippen LogP contribution in [-0.2, 0) is 18.9 Å². The fourth-order valence-electron chi connectivity index (χ4n) is 2.63. The van der Waals surface area contributed by atoms with E-state index >= 15 is 0 Å². The lowest BCUT2D eigenvalue weighted by atomic mass is 10.0. The van der Waals surface area contributed by atoms with Crippen LogP contribution in [0.4, 0.5) is 8.78 Å². The SMILES string of the molecule is CC(F)(F)c1cncc(C(=O)N2CCc3c([nH]c(=O)[nH]c3=O)C2)c1. The zero-order valence-electron chi connectivity index (χ0n) is 12.7. The third-order valence-corrected chi connectivity index (χ3v) is 3.89. The standard InChI is InChI=1S/C15H14F2N4O3/c1-15(16,17)9-4-8(5-18-6-9)13(23)21-3-2-10-11(7-21)19-14(24)20-12(10)22/h4-6H,2-3,7H2,1H3,(H2,19,20,22,24).